The van der Waals surface area contributed by atoms with Crippen LogP contribution in [0.4, 0.5) is 5.69 Å². The molecule has 0 aliphatic rings. The molecule has 7 nitrogen and oxygen atoms in total. The lowest BCUT2D eigenvalue weighted by Crippen LogP contribution is -1.97. The van der Waals surface area contributed by atoms with E-state index in [0.29, 0.717) is 5.82 Å². The highest BCUT2D eigenvalue weighted by molar-refractivity contribution is 5.77. The predicted molar refractivity (Wildman–Crippen MR) is 59.9 cm³/mol. The minimum absolute atomic E-state index is 0.0758. The first-order chi connectivity index (χ1) is 8.27. The molecule has 0 amide bonds. The van der Waals surface area contributed by atoms with Gasteiger partial charge < -0.3 is 0 Å². The number of nitrogens with zero attached hydrogens (tertiary/aromatic N) is 4. The molecular formula is C10H7N5O2. The Morgan fingerprint density at radius 2 is 2.18 bits per heavy atom. The second-order valence-corrected chi connectivity index (χ2v) is 3.46. The standard InChI is InChI=1S/C10H7N5O2/c16-15(17)9-5-12-13-10(9)14-6-11-7-3-1-2-4-8(7)14/h1-6H,(H,12,13). The van der Waals surface area contributed by atoms with Crippen LogP contribution in [-0.4, -0.2) is 24.7 Å². The maximum Gasteiger partial charge on any atom is 0.331 e. The van der Waals surface area contributed by atoms with E-state index in [1.165, 1.54) is 12.5 Å². The van der Waals surface area contributed by atoms with Gasteiger partial charge in [-0.1, -0.05) is 12.1 Å². The Hall–Kier alpha value is -2.70. The van der Waals surface area contributed by atoms with Gasteiger partial charge in [0, 0.05) is 0 Å². The molecule has 1 aromatic carbocycles. The number of benzene rings is 1. The molecule has 0 fully saturated rings. The van der Waals surface area contributed by atoms with Crippen LogP contribution < -0.4 is 0 Å². The van der Waals surface area contributed by atoms with Crippen molar-refractivity contribution in [1.29, 1.82) is 0 Å². The molecule has 0 saturated heterocycles. The Kier molecular flexibility index (Phi) is 1.91. The minimum Gasteiger partial charge on any atom is -0.278 e. The van der Waals surface area contributed by atoms with E-state index in [-0.39, 0.29) is 5.69 Å². The molecular weight excluding hydrogens is 222 g/mol. The van der Waals surface area contributed by atoms with Crippen molar-refractivity contribution in [3.05, 3.63) is 46.9 Å². The number of H-pyrrole nitrogens is 1. The summed E-state index contributed by atoms with van der Waals surface area (Å²) in [5.41, 5.74) is 1.49. The normalized spacial score (nSPS) is 10.8. The number of nitrogens with one attached hydrogen (secondary N) is 1. The van der Waals surface area contributed by atoms with Crippen LogP contribution >= 0.6 is 0 Å². The van der Waals surface area contributed by atoms with E-state index >= 15 is 0 Å². The number of hydrogen-bond donors (Lipinski definition) is 1. The van der Waals surface area contributed by atoms with Crippen molar-refractivity contribution >= 4 is 16.7 Å². The number of para-hydroxylation sites is 2. The van der Waals surface area contributed by atoms with Crippen molar-refractivity contribution in [2.24, 2.45) is 0 Å². The quantitative estimate of drug-likeness (QED) is 0.534. The van der Waals surface area contributed by atoms with Gasteiger partial charge in [0.05, 0.1) is 16.0 Å². The van der Waals surface area contributed by atoms with Crippen LogP contribution in [0, 0.1) is 10.1 Å². The van der Waals surface area contributed by atoms with E-state index in [0.717, 1.165) is 11.0 Å². The zero-order valence-electron chi connectivity index (χ0n) is 8.57. The number of nitro groups is 1. The lowest BCUT2D eigenvalue weighted by Gasteiger charge is -1.99. The van der Waals surface area contributed by atoms with Crippen LogP contribution in [0.25, 0.3) is 16.9 Å². The van der Waals surface area contributed by atoms with Gasteiger partial charge in [0.2, 0.25) is 5.82 Å². The zero-order valence-corrected chi connectivity index (χ0v) is 8.57. The molecule has 0 unspecified atom stereocenters. The second kappa shape index (κ2) is 3.41. The van der Waals surface area contributed by atoms with E-state index in [9.17, 15) is 10.1 Å². The summed E-state index contributed by atoms with van der Waals surface area (Å²) in [5, 5.41) is 17.1. The first kappa shape index (κ1) is 9.52. The molecule has 3 aromatic rings. The fraction of sp³-hybridized carbons (Fsp3) is 0. The third kappa shape index (κ3) is 1.36. The average Bonchev–Trinajstić information content (AvgIpc) is 2.94. The number of aromatic amines is 1. The fourth-order valence-electron chi connectivity index (χ4n) is 1.72. The highest BCUT2D eigenvalue weighted by Gasteiger charge is 2.19. The first-order valence-corrected chi connectivity index (χ1v) is 4.87. The van der Waals surface area contributed by atoms with Gasteiger partial charge >= 0.3 is 5.69 Å². The smallest absolute Gasteiger partial charge is 0.278 e. The van der Waals surface area contributed by atoms with Crippen molar-refractivity contribution in [2.45, 2.75) is 0 Å². The van der Waals surface area contributed by atoms with Crippen molar-refractivity contribution in [2.75, 3.05) is 0 Å². The Balaban J connectivity index is 2.28. The van der Waals surface area contributed by atoms with Crippen molar-refractivity contribution < 1.29 is 4.92 Å². The number of imidazole rings is 1. The van der Waals surface area contributed by atoms with Crippen LogP contribution in [0.3, 0.4) is 0 Å². The topological polar surface area (TPSA) is 89.6 Å². The molecule has 0 atom stereocenters. The summed E-state index contributed by atoms with van der Waals surface area (Å²) in [6, 6.07) is 7.39. The van der Waals surface area contributed by atoms with Gasteiger partial charge in [0.1, 0.15) is 12.5 Å². The number of aromatic nitrogens is 4. The highest BCUT2D eigenvalue weighted by Crippen LogP contribution is 2.23. The maximum absolute atomic E-state index is 10.8. The average molecular weight is 229 g/mol. The molecule has 0 aliphatic heterocycles. The summed E-state index contributed by atoms with van der Waals surface area (Å²) in [6.07, 6.45) is 2.72. The molecule has 0 bridgehead atoms. The minimum atomic E-state index is -0.479. The maximum atomic E-state index is 10.8. The summed E-state index contributed by atoms with van der Waals surface area (Å²) in [7, 11) is 0. The van der Waals surface area contributed by atoms with Gasteiger partial charge in [-0.05, 0) is 12.1 Å². The molecule has 7 heteroatoms. The Morgan fingerprint density at radius 3 is 3.00 bits per heavy atom. The third-order valence-electron chi connectivity index (χ3n) is 2.49. The van der Waals surface area contributed by atoms with Gasteiger partial charge in [0.25, 0.3) is 0 Å². The van der Waals surface area contributed by atoms with Crippen LogP contribution in [0.5, 0.6) is 0 Å². The Labute approximate surface area is 94.9 Å². The summed E-state index contributed by atoms with van der Waals surface area (Å²) < 4.78 is 1.61. The van der Waals surface area contributed by atoms with Crippen LogP contribution in [0.15, 0.2) is 36.8 Å². The summed E-state index contributed by atoms with van der Waals surface area (Å²) in [5.74, 6) is 0.309. The van der Waals surface area contributed by atoms with Crippen LogP contribution in [-0.2, 0) is 0 Å². The number of rotatable bonds is 2. The molecule has 17 heavy (non-hydrogen) atoms. The number of fused-ring (bicyclic) bond motifs is 1. The molecule has 3 rings (SSSR count). The van der Waals surface area contributed by atoms with E-state index in [4.69, 9.17) is 0 Å². The molecule has 0 aliphatic carbocycles. The van der Waals surface area contributed by atoms with Crippen molar-refractivity contribution in [3.63, 3.8) is 0 Å². The van der Waals surface area contributed by atoms with E-state index in [1.54, 1.807) is 4.57 Å². The highest BCUT2D eigenvalue weighted by atomic mass is 16.6. The first-order valence-electron chi connectivity index (χ1n) is 4.87. The molecule has 0 saturated carbocycles. The molecule has 0 spiro atoms. The Bertz CT molecular complexity index is 699. The van der Waals surface area contributed by atoms with E-state index in [2.05, 4.69) is 15.2 Å². The van der Waals surface area contributed by atoms with Gasteiger partial charge in [-0.25, -0.2) is 4.98 Å². The van der Waals surface area contributed by atoms with Crippen LogP contribution in [0.2, 0.25) is 0 Å². The SMILES string of the molecule is O=[N+]([O-])c1cn[nH]c1-n1cnc2ccccc21. The predicted octanol–water partition coefficient (Wildman–Crippen LogP) is 1.66. The fourth-order valence-corrected chi connectivity index (χ4v) is 1.72. The number of hydrogen-bond acceptors (Lipinski definition) is 4. The second-order valence-electron chi connectivity index (χ2n) is 3.46. The molecule has 0 radical (unpaired) electrons. The van der Waals surface area contributed by atoms with Gasteiger partial charge in [-0.2, -0.15) is 5.10 Å². The third-order valence-corrected chi connectivity index (χ3v) is 2.49. The van der Waals surface area contributed by atoms with Gasteiger partial charge in [-0.15, -0.1) is 0 Å². The van der Waals surface area contributed by atoms with Crippen molar-refractivity contribution in [3.8, 4) is 5.82 Å². The molecule has 1 N–H and O–H groups in total. The largest absolute Gasteiger partial charge is 0.331 e. The van der Waals surface area contributed by atoms with Gasteiger partial charge in [-0.3, -0.25) is 19.8 Å². The van der Waals surface area contributed by atoms with Crippen LogP contribution in [0.1, 0.15) is 0 Å². The van der Waals surface area contributed by atoms with E-state index < -0.39 is 4.92 Å². The molecule has 2 heterocycles. The summed E-state index contributed by atoms with van der Waals surface area (Å²) >= 11 is 0. The Morgan fingerprint density at radius 1 is 1.35 bits per heavy atom. The monoisotopic (exact) mass is 229 g/mol. The lowest BCUT2D eigenvalue weighted by molar-refractivity contribution is -0.384. The van der Waals surface area contributed by atoms with Gasteiger partial charge in [0.15, 0.2) is 0 Å². The summed E-state index contributed by atoms with van der Waals surface area (Å²) in [6.45, 7) is 0. The van der Waals surface area contributed by atoms with Crippen molar-refractivity contribution in [1.82, 2.24) is 19.7 Å². The van der Waals surface area contributed by atoms with E-state index in [1.807, 2.05) is 24.3 Å². The molecule has 2 aromatic heterocycles. The lowest BCUT2D eigenvalue weighted by atomic mass is 10.3. The molecule has 84 valence electrons. The zero-order chi connectivity index (χ0) is 11.8. The summed E-state index contributed by atoms with van der Waals surface area (Å²) in [4.78, 5) is 14.5.